The van der Waals surface area contributed by atoms with E-state index in [-0.39, 0.29) is 5.91 Å². The minimum atomic E-state index is -0.206. The SMILES string of the molecule is Cc1c(C(=O)NCc2ncc3c(n2)CCN(C)C3)nc2ccccn12. The summed E-state index contributed by atoms with van der Waals surface area (Å²) >= 11 is 0. The van der Waals surface area contributed by atoms with Crippen LogP contribution in [-0.2, 0) is 19.5 Å². The van der Waals surface area contributed by atoms with Gasteiger partial charge >= 0.3 is 0 Å². The molecule has 7 heteroatoms. The number of hydrogen-bond donors (Lipinski definition) is 1. The third-order valence-electron chi connectivity index (χ3n) is 4.57. The number of pyridine rings is 1. The van der Waals surface area contributed by atoms with E-state index < -0.39 is 0 Å². The zero-order chi connectivity index (χ0) is 17.4. The molecule has 0 fully saturated rings. The Morgan fingerprint density at radius 3 is 3.04 bits per heavy atom. The molecule has 0 spiro atoms. The van der Waals surface area contributed by atoms with E-state index >= 15 is 0 Å². The van der Waals surface area contributed by atoms with E-state index in [4.69, 9.17) is 0 Å². The quantitative estimate of drug-likeness (QED) is 0.781. The van der Waals surface area contributed by atoms with E-state index in [1.807, 2.05) is 41.9 Å². The minimum absolute atomic E-state index is 0.206. The highest BCUT2D eigenvalue weighted by Gasteiger charge is 2.18. The van der Waals surface area contributed by atoms with Crippen molar-refractivity contribution in [3.8, 4) is 0 Å². The summed E-state index contributed by atoms with van der Waals surface area (Å²) in [5, 5.41) is 2.88. The van der Waals surface area contributed by atoms with Crippen LogP contribution in [0.4, 0.5) is 0 Å². The molecule has 128 valence electrons. The highest BCUT2D eigenvalue weighted by molar-refractivity contribution is 5.94. The molecular weight excluding hydrogens is 316 g/mol. The van der Waals surface area contributed by atoms with Gasteiger partial charge in [-0.1, -0.05) is 6.07 Å². The van der Waals surface area contributed by atoms with Crippen molar-refractivity contribution in [3.05, 3.63) is 59.1 Å². The lowest BCUT2D eigenvalue weighted by Crippen LogP contribution is -2.29. The van der Waals surface area contributed by atoms with Crippen LogP contribution in [-0.4, -0.2) is 43.8 Å². The summed E-state index contributed by atoms with van der Waals surface area (Å²) < 4.78 is 1.90. The number of hydrogen-bond acceptors (Lipinski definition) is 5. The fourth-order valence-electron chi connectivity index (χ4n) is 3.16. The van der Waals surface area contributed by atoms with Gasteiger partial charge in [0.25, 0.3) is 5.91 Å². The smallest absolute Gasteiger partial charge is 0.272 e. The van der Waals surface area contributed by atoms with E-state index in [1.165, 1.54) is 5.56 Å². The molecular formula is C18H20N6O. The number of likely N-dealkylation sites (N-methyl/N-ethyl adjacent to an activating group) is 1. The molecule has 0 aromatic carbocycles. The molecule has 1 amide bonds. The highest BCUT2D eigenvalue weighted by atomic mass is 16.1. The fraction of sp³-hybridized carbons (Fsp3) is 0.333. The predicted octanol–water partition coefficient (Wildman–Crippen LogP) is 1.35. The summed E-state index contributed by atoms with van der Waals surface area (Å²) in [5.41, 5.74) is 4.27. The molecule has 0 unspecified atom stereocenters. The molecule has 0 aliphatic carbocycles. The van der Waals surface area contributed by atoms with Gasteiger partial charge in [0.2, 0.25) is 0 Å². The molecule has 3 aromatic heterocycles. The number of carbonyl (C=O) groups excluding carboxylic acids is 1. The zero-order valence-electron chi connectivity index (χ0n) is 14.4. The van der Waals surface area contributed by atoms with E-state index in [1.54, 1.807) is 0 Å². The summed E-state index contributed by atoms with van der Waals surface area (Å²) in [6.07, 6.45) is 4.69. The first kappa shape index (κ1) is 15.7. The predicted molar refractivity (Wildman–Crippen MR) is 93.2 cm³/mol. The second-order valence-electron chi connectivity index (χ2n) is 6.40. The van der Waals surface area contributed by atoms with Crippen LogP contribution >= 0.6 is 0 Å². The number of nitrogens with one attached hydrogen (secondary N) is 1. The highest BCUT2D eigenvalue weighted by Crippen LogP contribution is 2.15. The van der Waals surface area contributed by atoms with Crippen molar-refractivity contribution in [2.45, 2.75) is 26.4 Å². The summed E-state index contributed by atoms with van der Waals surface area (Å²) in [5.74, 6) is 0.431. The van der Waals surface area contributed by atoms with Crippen LogP contribution in [0.5, 0.6) is 0 Å². The Morgan fingerprint density at radius 2 is 2.20 bits per heavy atom. The van der Waals surface area contributed by atoms with Gasteiger partial charge in [-0.05, 0) is 26.1 Å². The van der Waals surface area contributed by atoms with Crippen LogP contribution in [0.2, 0.25) is 0 Å². The van der Waals surface area contributed by atoms with Crippen LogP contribution < -0.4 is 5.32 Å². The van der Waals surface area contributed by atoms with Crippen LogP contribution in [0.3, 0.4) is 0 Å². The molecule has 0 saturated carbocycles. The van der Waals surface area contributed by atoms with Gasteiger partial charge in [0, 0.05) is 43.2 Å². The summed E-state index contributed by atoms with van der Waals surface area (Å²) in [4.78, 5) is 28.1. The van der Waals surface area contributed by atoms with Gasteiger partial charge < -0.3 is 14.6 Å². The number of aryl methyl sites for hydroxylation is 1. The van der Waals surface area contributed by atoms with E-state index in [2.05, 4.69) is 32.2 Å². The van der Waals surface area contributed by atoms with Crippen molar-refractivity contribution in [2.75, 3.05) is 13.6 Å². The Morgan fingerprint density at radius 1 is 1.32 bits per heavy atom. The van der Waals surface area contributed by atoms with Gasteiger partial charge in [-0.15, -0.1) is 0 Å². The van der Waals surface area contributed by atoms with Crippen LogP contribution in [0.15, 0.2) is 30.6 Å². The topological polar surface area (TPSA) is 75.4 Å². The molecule has 1 aliphatic rings. The van der Waals surface area contributed by atoms with Crippen molar-refractivity contribution in [1.82, 2.24) is 29.6 Å². The first-order valence-electron chi connectivity index (χ1n) is 8.36. The molecule has 3 aromatic rings. The third kappa shape index (κ3) is 2.98. The maximum Gasteiger partial charge on any atom is 0.272 e. The normalized spacial score (nSPS) is 14.5. The number of carbonyl (C=O) groups is 1. The molecule has 25 heavy (non-hydrogen) atoms. The lowest BCUT2D eigenvalue weighted by atomic mass is 10.1. The molecule has 4 heterocycles. The average Bonchev–Trinajstić information content (AvgIpc) is 2.97. The van der Waals surface area contributed by atoms with E-state index in [0.29, 0.717) is 18.1 Å². The maximum absolute atomic E-state index is 12.5. The Bertz CT molecular complexity index is 948. The second kappa shape index (κ2) is 6.25. The van der Waals surface area contributed by atoms with Crippen LogP contribution in [0, 0.1) is 6.92 Å². The molecule has 0 saturated heterocycles. The third-order valence-corrected chi connectivity index (χ3v) is 4.57. The lowest BCUT2D eigenvalue weighted by molar-refractivity contribution is 0.0944. The summed E-state index contributed by atoms with van der Waals surface area (Å²) in [6.45, 7) is 4.06. The fourth-order valence-corrected chi connectivity index (χ4v) is 3.16. The average molecular weight is 336 g/mol. The largest absolute Gasteiger partial charge is 0.343 e. The van der Waals surface area contributed by atoms with Crippen molar-refractivity contribution in [1.29, 1.82) is 0 Å². The van der Waals surface area contributed by atoms with Gasteiger partial charge in [0.1, 0.15) is 17.2 Å². The van der Waals surface area contributed by atoms with E-state index in [9.17, 15) is 4.79 Å². The Labute approximate surface area is 145 Å². The van der Waals surface area contributed by atoms with Gasteiger partial charge in [-0.3, -0.25) is 4.79 Å². The first-order valence-corrected chi connectivity index (χ1v) is 8.36. The number of fused-ring (bicyclic) bond motifs is 2. The monoisotopic (exact) mass is 336 g/mol. The molecule has 1 N–H and O–H groups in total. The standard InChI is InChI=1S/C18H20N6O/c1-12-17(22-16-5-3-4-7-24(12)16)18(25)20-10-15-19-9-13-11-23(2)8-6-14(13)21-15/h3-5,7,9H,6,8,10-11H2,1-2H3,(H,20,25). The van der Waals surface area contributed by atoms with Gasteiger partial charge in [0.15, 0.2) is 0 Å². The molecule has 0 radical (unpaired) electrons. The lowest BCUT2D eigenvalue weighted by Gasteiger charge is -2.23. The van der Waals surface area contributed by atoms with E-state index in [0.717, 1.165) is 36.5 Å². The maximum atomic E-state index is 12.5. The molecule has 4 rings (SSSR count). The van der Waals surface area contributed by atoms with Crippen LogP contribution in [0.1, 0.15) is 33.3 Å². The molecule has 7 nitrogen and oxygen atoms in total. The number of aromatic nitrogens is 4. The van der Waals surface area contributed by atoms with Crippen molar-refractivity contribution in [3.63, 3.8) is 0 Å². The Kier molecular flexibility index (Phi) is 3.93. The summed E-state index contributed by atoms with van der Waals surface area (Å²) in [7, 11) is 2.09. The minimum Gasteiger partial charge on any atom is -0.343 e. The van der Waals surface area contributed by atoms with Gasteiger partial charge in [0.05, 0.1) is 12.2 Å². The van der Waals surface area contributed by atoms with Gasteiger partial charge in [-0.25, -0.2) is 15.0 Å². The Balaban J connectivity index is 1.49. The van der Waals surface area contributed by atoms with Crippen molar-refractivity contribution in [2.24, 2.45) is 0 Å². The Hall–Kier alpha value is -2.80. The number of amides is 1. The number of imidazole rings is 1. The zero-order valence-corrected chi connectivity index (χ0v) is 14.4. The molecule has 1 aliphatic heterocycles. The van der Waals surface area contributed by atoms with Crippen LogP contribution in [0.25, 0.3) is 5.65 Å². The molecule has 0 bridgehead atoms. The molecule has 0 atom stereocenters. The van der Waals surface area contributed by atoms with Crippen molar-refractivity contribution >= 4 is 11.6 Å². The second-order valence-corrected chi connectivity index (χ2v) is 6.40. The number of nitrogens with zero attached hydrogens (tertiary/aromatic N) is 5. The number of rotatable bonds is 3. The summed E-state index contributed by atoms with van der Waals surface area (Å²) in [6, 6.07) is 5.71. The first-order chi connectivity index (χ1) is 12.1. The van der Waals surface area contributed by atoms with Gasteiger partial charge in [-0.2, -0.15) is 0 Å². The van der Waals surface area contributed by atoms with Crippen molar-refractivity contribution < 1.29 is 4.79 Å².